The molecule has 1 fully saturated rings. The molecule has 0 bridgehead atoms. The molecule has 1 saturated heterocycles. The van der Waals surface area contributed by atoms with Crippen LogP contribution in [0, 0.1) is 5.41 Å². The molecule has 4 nitrogen and oxygen atoms in total. The van der Waals surface area contributed by atoms with Crippen molar-refractivity contribution >= 4 is 34.8 Å². The van der Waals surface area contributed by atoms with Gasteiger partial charge >= 0.3 is 0 Å². The topological polar surface area (TPSA) is 61.4 Å². The minimum absolute atomic E-state index is 0.0717. The Morgan fingerprint density at radius 1 is 1.42 bits per heavy atom. The Balaban J connectivity index is 2.14. The maximum atomic E-state index is 12.3. The van der Waals surface area contributed by atoms with Crippen LogP contribution in [0.4, 0.5) is 5.69 Å². The summed E-state index contributed by atoms with van der Waals surface area (Å²) < 4.78 is 0. The Labute approximate surface area is 122 Å². The molecule has 1 aromatic rings. The van der Waals surface area contributed by atoms with Crippen molar-refractivity contribution in [2.45, 2.75) is 19.8 Å². The maximum Gasteiger partial charge on any atom is 0.231 e. The first-order valence-electron chi connectivity index (χ1n) is 6.12. The third kappa shape index (κ3) is 3.14. The van der Waals surface area contributed by atoms with E-state index in [0.717, 1.165) is 19.4 Å². The number of nitrogens with one attached hydrogen (secondary N) is 2. The molecule has 1 aliphatic heterocycles. The molecule has 1 amide bonds. The summed E-state index contributed by atoms with van der Waals surface area (Å²) in [6.45, 7) is 3.52. The highest BCUT2D eigenvalue weighted by molar-refractivity contribution is 6.37. The van der Waals surface area contributed by atoms with Crippen LogP contribution in [-0.4, -0.2) is 24.1 Å². The molecule has 0 radical (unpaired) electrons. The molecule has 1 heterocycles. The first-order chi connectivity index (χ1) is 8.92. The largest absolute Gasteiger partial charge is 0.505 e. The van der Waals surface area contributed by atoms with E-state index in [1.165, 1.54) is 12.1 Å². The lowest BCUT2D eigenvalue weighted by Gasteiger charge is -2.32. The summed E-state index contributed by atoms with van der Waals surface area (Å²) in [6.07, 6.45) is 1.81. The van der Waals surface area contributed by atoms with E-state index in [1.807, 2.05) is 6.92 Å². The molecule has 0 spiro atoms. The summed E-state index contributed by atoms with van der Waals surface area (Å²) in [5.74, 6) is -0.246. The summed E-state index contributed by atoms with van der Waals surface area (Å²) in [6, 6.07) is 2.97. The van der Waals surface area contributed by atoms with Gasteiger partial charge in [0.25, 0.3) is 0 Å². The van der Waals surface area contributed by atoms with Crippen LogP contribution in [0.2, 0.25) is 10.0 Å². The van der Waals surface area contributed by atoms with E-state index in [2.05, 4.69) is 10.6 Å². The Bertz CT molecular complexity index is 476. The maximum absolute atomic E-state index is 12.3. The van der Waals surface area contributed by atoms with Crippen LogP contribution in [0.25, 0.3) is 0 Å². The third-order valence-electron chi connectivity index (χ3n) is 3.42. The Morgan fingerprint density at radius 3 is 2.58 bits per heavy atom. The molecule has 1 aliphatic rings. The molecule has 0 aromatic heterocycles. The van der Waals surface area contributed by atoms with Gasteiger partial charge in [-0.15, -0.1) is 0 Å². The molecule has 0 saturated carbocycles. The van der Waals surface area contributed by atoms with Gasteiger partial charge in [0.15, 0.2) is 5.75 Å². The number of benzene rings is 1. The zero-order chi connectivity index (χ0) is 14.0. The lowest BCUT2D eigenvalue weighted by Crippen LogP contribution is -2.46. The number of rotatable bonds is 2. The van der Waals surface area contributed by atoms with E-state index in [4.69, 9.17) is 23.2 Å². The number of phenolic OH excluding ortho intramolecular Hbond substituents is 1. The van der Waals surface area contributed by atoms with Gasteiger partial charge in [-0.2, -0.15) is 0 Å². The van der Waals surface area contributed by atoms with Gasteiger partial charge in [0, 0.05) is 12.2 Å². The number of carbonyl (C=O) groups is 1. The van der Waals surface area contributed by atoms with Gasteiger partial charge in [-0.1, -0.05) is 23.2 Å². The first kappa shape index (κ1) is 14.4. The van der Waals surface area contributed by atoms with Gasteiger partial charge in [-0.05, 0) is 38.4 Å². The Morgan fingerprint density at radius 2 is 2.05 bits per heavy atom. The molecule has 3 N–H and O–H groups in total. The fourth-order valence-electron chi connectivity index (χ4n) is 2.17. The number of amides is 1. The minimum Gasteiger partial charge on any atom is -0.505 e. The predicted molar refractivity (Wildman–Crippen MR) is 77.0 cm³/mol. The van der Waals surface area contributed by atoms with Gasteiger partial charge in [0.1, 0.15) is 0 Å². The molecule has 2 rings (SSSR count). The number of hydrogen-bond acceptors (Lipinski definition) is 3. The van der Waals surface area contributed by atoms with Crippen molar-refractivity contribution in [1.82, 2.24) is 5.32 Å². The number of carbonyl (C=O) groups excluding carboxylic acids is 1. The molecule has 0 aliphatic carbocycles. The highest BCUT2D eigenvalue weighted by atomic mass is 35.5. The Kier molecular flexibility index (Phi) is 4.23. The number of hydrogen-bond donors (Lipinski definition) is 3. The quantitative estimate of drug-likeness (QED) is 0.736. The van der Waals surface area contributed by atoms with Crippen LogP contribution in [0.5, 0.6) is 5.75 Å². The van der Waals surface area contributed by atoms with E-state index >= 15 is 0 Å². The summed E-state index contributed by atoms with van der Waals surface area (Å²) in [7, 11) is 0. The van der Waals surface area contributed by atoms with Crippen molar-refractivity contribution in [3.8, 4) is 5.75 Å². The molecular formula is C13H16Cl2N2O2. The highest BCUT2D eigenvalue weighted by Crippen LogP contribution is 2.35. The van der Waals surface area contributed by atoms with E-state index in [9.17, 15) is 9.90 Å². The zero-order valence-corrected chi connectivity index (χ0v) is 12.1. The average molecular weight is 303 g/mol. The first-order valence-corrected chi connectivity index (χ1v) is 6.88. The van der Waals surface area contributed by atoms with Crippen molar-refractivity contribution in [2.24, 2.45) is 5.41 Å². The Hall–Kier alpha value is -0.970. The van der Waals surface area contributed by atoms with Crippen molar-refractivity contribution in [3.63, 3.8) is 0 Å². The molecule has 1 atom stereocenters. The highest BCUT2D eigenvalue weighted by Gasteiger charge is 2.34. The van der Waals surface area contributed by atoms with Gasteiger partial charge < -0.3 is 15.7 Å². The molecule has 6 heteroatoms. The van der Waals surface area contributed by atoms with Crippen molar-refractivity contribution in [2.75, 3.05) is 18.4 Å². The third-order valence-corrected chi connectivity index (χ3v) is 4.00. The van der Waals surface area contributed by atoms with Crippen LogP contribution in [0.15, 0.2) is 12.1 Å². The van der Waals surface area contributed by atoms with Crippen molar-refractivity contribution in [1.29, 1.82) is 0 Å². The summed E-state index contributed by atoms with van der Waals surface area (Å²) in [5.41, 5.74) is 0.0549. The molecule has 104 valence electrons. The molecule has 1 unspecified atom stereocenters. The van der Waals surface area contributed by atoms with Crippen molar-refractivity contribution in [3.05, 3.63) is 22.2 Å². The summed E-state index contributed by atoms with van der Waals surface area (Å²) in [5, 5.41) is 15.7. The number of piperidine rings is 1. The second kappa shape index (κ2) is 5.57. The van der Waals surface area contributed by atoms with E-state index in [0.29, 0.717) is 12.2 Å². The molecular weight excluding hydrogens is 287 g/mol. The fraction of sp³-hybridized carbons (Fsp3) is 0.462. The van der Waals surface area contributed by atoms with Crippen molar-refractivity contribution < 1.29 is 9.90 Å². The van der Waals surface area contributed by atoms with Crippen LogP contribution >= 0.6 is 23.2 Å². The molecule has 19 heavy (non-hydrogen) atoms. The average Bonchev–Trinajstić information content (AvgIpc) is 2.36. The van der Waals surface area contributed by atoms with E-state index in [1.54, 1.807) is 0 Å². The van der Waals surface area contributed by atoms with Crippen LogP contribution in [-0.2, 0) is 4.79 Å². The lowest BCUT2D eigenvalue weighted by atomic mass is 9.82. The van der Waals surface area contributed by atoms with Gasteiger partial charge in [-0.25, -0.2) is 0 Å². The number of halogens is 2. The monoisotopic (exact) mass is 302 g/mol. The van der Waals surface area contributed by atoms with Gasteiger partial charge in [0.2, 0.25) is 5.91 Å². The second-order valence-corrected chi connectivity index (χ2v) is 5.90. The number of phenols is 1. The van der Waals surface area contributed by atoms with Crippen LogP contribution in [0.1, 0.15) is 19.8 Å². The smallest absolute Gasteiger partial charge is 0.231 e. The zero-order valence-electron chi connectivity index (χ0n) is 10.6. The normalized spacial score (nSPS) is 23.1. The SMILES string of the molecule is CC1(C(=O)Nc2cc(Cl)c(O)c(Cl)c2)CCCNC1. The fourth-order valence-corrected chi connectivity index (χ4v) is 2.66. The summed E-state index contributed by atoms with van der Waals surface area (Å²) in [4.78, 5) is 12.3. The second-order valence-electron chi connectivity index (χ2n) is 5.08. The van der Waals surface area contributed by atoms with Crippen LogP contribution < -0.4 is 10.6 Å². The standard InChI is InChI=1S/C13H16Cl2N2O2/c1-13(3-2-4-16-7-13)12(19)17-8-5-9(14)11(18)10(15)6-8/h5-6,16,18H,2-4,7H2,1H3,(H,17,19). The van der Waals surface area contributed by atoms with Gasteiger partial charge in [0.05, 0.1) is 15.5 Å². The van der Waals surface area contributed by atoms with Gasteiger partial charge in [-0.3, -0.25) is 4.79 Å². The van der Waals surface area contributed by atoms with Crippen LogP contribution in [0.3, 0.4) is 0 Å². The van der Waals surface area contributed by atoms with E-state index < -0.39 is 5.41 Å². The minimum atomic E-state index is -0.435. The number of anilines is 1. The summed E-state index contributed by atoms with van der Waals surface area (Å²) >= 11 is 11.6. The predicted octanol–water partition coefficient (Wildman–Crippen LogP) is 3.03. The number of aromatic hydroxyl groups is 1. The molecule has 1 aromatic carbocycles. The lowest BCUT2D eigenvalue weighted by molar-refractivity contribution is -0.125. The van der Waals surface area contributed by atoms with E-state index in [-0.39, 0.29) is 21.7 Å².